The van der Waals surface area contributed by atoms with Crippen LogP contribution in [0.5, 0.6) is 0 Å². The number of fused-ring (bicyclic) bond motifs is 5. The molecule has 1 N–H and O–H groups in total. The van der Waals surface area contributed by atoms with Crippen LogP contribution in [-0.2, 0) is 9.59 Å². The minimum atomic E-state index is 0.245. The van der Waals surface area contributed by atoms with Gasteiger partial charge in [-0.3, -0.25) is 9.59 Å². The molecule has 0 amide bonds. The quantitative estimate of drug-likeness (QED) is 0.736. The van der Waals surface area contributed by atoms with Gasteiger partial charge in [0.25, 0.3) is 0 Å². The summed E-state index contributed by atoms with van der Waals surface area (Å²) in [5.74, 6) is 3.29. The molecule has 0 aromatic rings. The number of hydrogen-bond acceptors (Lipinski definition) is 3. The van der Waals surface area contributed by atoms with E-state index in [9.17, 15) is 9.59 Å². The number of carbonyl (C=O) groups excluding carboxylic acids is 2. The Balaban J connectivity index is 0.000000613. The first-order chi connectivity index (χ1) is 12.3. The third-order valence-electron chi connectivity index (χ3n) is 8.45. The van der Waals surface area contributed by atoms with E-state index in [2.05, 4.69) is 13.8 Å². The van der Waals surface area contributed by atoms with E-state index in [1.165, 1.54) is 31.3 Å². The average Bonchev–Trinajstić information content (AvgIpc) is 2.93. The minimum absolute atomic E-state index is 0.245. The van der Waals surface area contributed by atoms with Crippen molar-refractivity contribution >= 4 is 11.6 Å². The fourth-order valence-corrected chi connectivity index (χ4v) is 7.23. The highest BCUT2D eigenvalue weighted by Gasteiger charge is 2.59. The molecule has 26 heavy (non-hydrogen) atoms. The van der Waals surface area contributed by atoms with E-state index < -0.39 is 0 Å². The molecule has 0 aromatic carbocycles. The van der Waals surface area contributed by atoms with Gasteiger partial charge in [-0.1, -0.05) is 19.4 Å². The normalized spacial score (nSPS) is 44.0. The van der Waals surface area contributed by atoms with Crippen LogP contribution in [-0.4, -0.2) is 23.3 Å². The maximum Gasteiger partial charge on any atom is 0.155 e. The molecule has 0 heterocycles. The molecular weight excluding hydrogens is 324 g/mol. The molecule has 0 bridgehead atoms. The van der Waals surface area contributed by atoms with Crippen molar-refractivity contribution in [3.05, 3.63) is 11.6 Å². The lowest BCUT2D eigenvalue weighted by atomic mass is 9.47. The van der Waals surface area contributed by atoms with Gasteiger partial charge in [-0.05, 0) is 93.5 Å². The molecule has 4 aliphatic carbocycles. The number of ketones is 2. The molecular formula is C23H36O3. The number of allylic oxidation sites excluding steroid dienone is 1. The topological polar surface area (TPSA) is 54.4 Å². The summed E-state index contributed by atoms with van der Waals surface area (Å²) >= 11 is 0. The van der Waals surface area contributed by atoms with Crippen LogP contribution in [0.25, 0.3) is 0 Å². The Kier molecular flexibility index (Phi) is 5.50. The molecule has 0 aromatic heterocycles. The lowest BCUT2D eigenvalue weighted by molar-refractivity contribution is -0.128. The molecule has 146 valence electrons. The van der Waals surface area contributed by atoms with Crippen molar-refractivity contribution in [1.82, 2.24) is 0 Å². The Morgan fingerprint density at radius 1 is 1.12 bits per heavy atom. The zero-order valence-electron chi connectivity index (χ0n) is 17.0. The van der Waals surface area contributed by atoms with Crippen LogP contribution in [0, 0.1) is 34.5 Å². The first-order valence-electron chi connectivity index (χ1n) is 10.6. The van der Waals surface area contributed by atoms with E-state index in [4.69, 9.17) is 5.11 Å². The Morgan fingerprint density at radius 2 is 1.81 bits per heavy atom. The van der Waals surface area contributed by atoms with Crippen LogP contribution < -0.4 is 0 Å². The van der Waals surface area contributed by atoms with Gasteiger partial charge in [-0.2, -0.15) is 0 Å². The van der Waals surface area contributed by atoms with Gasteiger partial charge < -0.3 is 5.11 Å². The SMILES string of the molecule is CC(=O)C1CCC2C3CCC4=CC(=O)CCC4(C)C3CCC12C.CCO. The van der Waals surface area contributed by atoms with E-state index in [0.29, 0.717) is 17.5 Å². The van der Waals surface area contributed by atoms with Gasteiger partial charge in [0, 0.05) is 18.9 Å². The average molecular weight is 361 g/mol. The van der Waals surface area contributed by atoms with Crippen LogP contribution in [0.3, 0.4) is 0 Å². The minimum Gasteiger partial charge on any atom is -0.397 e. The van der Waals surface area contributed by atoms with Crippen molar-refractivity contribution < 1.29 is 14.7 Å². The summed E-state index contributed by atoms with van der Waals surface area (Å²) in [7, 11) is 0. The number of hydrogen-bond donors (Lipinski definition) is 1. The molecule has 4 rings (SSSR count). The van der Waals surface area contributed by atoms with Gasteiger partial charge in [0.1, 0.15) is 5.78 Å². The molecule has 3 nitrogen and oxygen atoms in total. The molecule has 4 aliphatic rings. The number of carbonyl (C=O) groups is 2. The number of rotatable bonds is 1. The third-order valence-corrected chi connectivity index (χ3v) is 8.45. The summed E-state index contributed by atoms with van der Waals surface area (Å²) in [4.78, 5) is 24.0. The zero-order valence-corrected chi connectivity index (χ0v) is 17.0. The first-order valence-corrected chi connectivity index (χ1v) is 10.6. The highest BCUT2D eigenvalue weighted by atomic mass is 16.2. The van der Waals surface area contributed by atoms with E-state index in [0.717, 1.165) is 43.4 Å². The number of Topliss-reactive ketones (excluding diaryl/α,β-unsaturated/α-hetero) is 1. The Hall–Kier alpha value is -0.960. The molecule has 0 aliphatic heterocycles. The van der Waals surface area contributed by atoms with Crippen molar-refractivity contribution in [3.63, 3.8) is 0 Å². The molecule has 6 unspecified atom stereocenters. The van der Waals surface area contributed by atoms with E-state index in [1.807, 2.05) is 6.08 Å². The second-order valence-corrected chi connectivity index (χ2v) is 9.57. The van der Waals surface area contributed by atoms with Gasteiger partial charge in [-0.25, -0.2) is 0 Å². The van der Waals surface area contributed by atoms with Crippen molar-refractivity contribution in [1.29, 1.82) is 0 Å². The second kappa shape index (κ2) is 7.22. The predicted octanol–water partition coefficient (Wildman–Crippen LogP) is 4.72. The molecule has 6 atom stereocenters. The van der Waals surface area contributed by atoms with Crippen molar-refractivity contribution in [3.8, 4) is 0 Å². The standard InChI is InChI=1S/C21H30O2.C2H6O/c1-13(22)17-6-7-18-16-5-4-14-12-15(23)8-10-20(14,2)19(16)9-11-21(17,18)3;1-2-3/h12,16-19H,4-11H2,1-3H3;3H,2H2,1H3. The van der Waals surface area contributed by atoms with Gasteiger partial charge in [0.2, 0.25) is 0 Å². The van der Waals surface area contributed by atoms with Crippen LogP contribution in [0.2, 0.25) is 0 Å². The summed E-state index contributed by atoms with van der Waals surface area (Å²) in [6.45, 7) is 8.58. The maximum atomic E-state index is 12.1. The van der Waals surface area contributed by atoms with E-state index in [-0.39, 0.29) is 17.4 Å². The molecule has 0 radical (unpaired) electrons. The van der Waals surface area contributed by atoms with E-state index >= 15 is 0 Å². The van der Waals surface area contributed by atoms with Crippen molar-refractivity contribution in [2.75, 3.05) is 6.61 Å². The van der Waals surface area contributed by atoms with Crippen LogP contribution in [0.4, 0.5) is 0 Å². The summed E-state index contributed by atoms with van der Waals surface area (Å²) in [6, 6.07) is 0. The molecule has 3 heteroatoms. The second-order valence-electron chi connectivity index (χ2n) is 9.57. The number of aliphatic hydroxyl groups is 1. The lowest BCUT2D eigenvalue weighted by Crippen LogP contribution is -2.51. The zero-order chi connectivity index (χ0) is 19.1. The van der Waals surface area contributed by atoms with Gasteiger partial charge in [-0.15, -0.1) is 0 Å². The summed E-state index contributed by atoms with van der Waals surface area (Å²) in [5.41, 5.74) is 1.95. The van der Waals surface area contributed by atoms with Gasteiger partial charge >= 0.3 is 0 Å². The highest BCUT2D eigenvalue weighted by Crippen LogP contribution is 2.66. The van der Waals surface area contributed by atoms with Gasteiger partial charge in [0.15, 0.2) is 5.78 Å². The van der Waals surface area contributed by atoms with Gasteiger partial charge in [0.05, 0.1) is 0 Å². The molecule has 0 saturated heterocycles. The maximum absolute atomic E-state index is 12.1. The Bertz CT molecular complexity index is 607. The Morgan fingerprint density at radius 3 is 2.46 bits per heavy atom. The van der Waals surface area contributed by atoms with Crippen molar-refractivity contribution in [2.24, 2.45) is 34.5 Å². The lowest BCUT2D eigenvalue weighted by Gasteiger charge is -2.58. The van der Waals surface area contributed by atoms with Crippen LogP contribution >= 0.6 is 0 Å². The summed E-state index contributed by atoms with van der Waals surface area (Å²) in [6.07, 6.45) is 10.9. The van der Waals surface area contributed by atoms with Crippen LogP contribution in [0.1, 0.15) is 79.1 Å². The smallest absolute Gasteiger partial charge is 0.155 e. The molecule has 3 fully saturated rings. The molecule has 0 spiro atoms. The summed E-state index contributed by atoms with van der Waals surface area (Å²) in [5, 5.41) is 7.57. The number of aliphatic hydroxyl groups excluding tert-OH is 1. The van der Waals surface area contributed by atoms with Crippen LogP contribution in [0.15, 0.2) is 11.6 Å². The van der Waals surface area contributed by atoms with Crippen molar-refractivity contribution in [2.45, 2.75) is 79.1 Å². The largest absolute Gasteiger partial charge is 0.397 e. The first kappa shape index (κ1) is 19.8. The predicted molar refractivity (Wildman–Crippen MR) is 104 cm³/mol. The Labute approximate surface area is 158 Å². The highest BCUT2D eigenvalue weighted by molar-refractivity contribution is 5.91. The fourth-order valence-electron chi connectivity index (χ4n) is 7.23. The third kappa shape index (κ3) is 3.00. The van der Waals surface area contributed by atoms with E-state index in [1.54, 1.807) is 13.8 Å². The monoisotopic (exact) mass is 360 g/mol. The molecule has 3 saturated carbocycles. The fraction of sp³-hybridized carbons (Fsp3) is 0.826. The summed E-state index contributed by atoms with van der Waals surface area (Å²) < 4.78 is 0.